The Morgan fingerprint density at radius 2 is 1.64 bits per heavy atom. The van der Waals surface area contributed by atoms with E-state index in [1.807, 2.05) is 0 Å². The molecule has 0 N–H and O–H groups in total. The predicted octanol–water partition coefficient (Wildman–Crippen LogP) is 4.01. The van der Waals surface area contributed by atoms with Gasteiger partial charge in [0, 0.05) is 24.8 Å². The zero-order valence-electron chi connectivity index (χ0n) is 13.4. The molecule has 2 aromatic heterocycles. The van der Waals surface area contributed by atoms with Crippen molar-refractivity contribution in [1.29, 1.82) is 0 Å². The second kappa shape index (κ2) is 6.37. The number of nitrogens with zero attached hydrogens (tertiary/aromatic N) is 4. The van der Waals surface area contributed by atoms with Gasteiger partial charge in [0.05, 0.1) is 7.11 Å². The molecule has 0 amide bonds. The minimum atomic E-state index is -0.463. The van der Waals surface area contributed by atoms with Crippen molar-refractivity contribution in [3.63, 3.8) is 0 Å². The normalized spacial score (nSPS) is 18.8. The van der Waals surface area contributed by atoms with Crippen molar-refractivity contribution >= 4 is 11.6 Å². The van der Waals surface area contributed by atoms with Crippen LogP contribution in [0.1, 0.15) is 29.4 Å². The number of hydrogen-bond acceptors (Lipinski definition) is 5. The molecule has 1 saturated carbocycles. The van der Waals surface area contributed by atoms with E-state index in [1.165, 1.54) is 13.2 Å². The number of aromatic nitrogens is 4. The van der Waals surface area contributed by atoms with Gasteiger partial charge in [-0.25, -0.2) is 24.3 Å². The molecule has 1 fully saturated rings. The Morgan fingerprint density at radius 1 is 1.00 bits per heavy atom. The topological polar surface area (TPSA) is 60.8 Å². The molecule has 0 radical (unpaired) electrons. The highest BCUT2D eigenvalue weighted by Crippen LogP contribution is 2.55. The van der Waals surface area contributed by atoms with Gasteiger partial charge in [0.1, 0.15) is 16.6 Å². The van der Waals surface area contributed by atoms with Gasteiger partial charge in [-0.3, -0.25) is 0 Å². The van der Waals surface area contributed by atoms with Crippen LogP contribution in [0.15, 0.2) is 43.0 Å². The second-order valence-electron chi connectivity index (χ2n) is 5.88. The van der Waals surface area contributed by atoms with Gasteiger partial charge in [-0.1, -0.05) is 11.6 Å². The first kappa shape index (κ1) is 15.9. The molecule has 0 aliphatic heterocycles. The number of rotatable bonds is 4. The summed E-state index contributed by atoms with van der Waals surface area (Å²) in [6, 6.07) is 5.01. The van der Waals surface area contributed by atoms with Crippen LogP contribution >= 0.6 is 11.6 Å². The van der Waals surface area contributed by atoms with E-state index in [-0.39, 0.29) is 16.9 Å². The highest BCUT2D eigenvalue weighted by molar-refractivity contribution is 6.32. The summed E-state index contributed by atoms with van der Waals surface area (Å²) in [5.41, 5.74) is 1.89. The number of hydrogen-bond donors (Lipinski definition) is 0. The molecule has 0 saturated heterocycles. The Morgan fingerprint density at radius 3 is 2.32 bits per heavy atom. The molecule has 25 heavy (non-hydrogen) atoms. The van der Waals surface area contributed by atoms with Crippen LogP contribution in [0.5, 0.6) is 5.75 Å². The molecule has 5 nitrogen and oxygen atoms in total. The first-order valence-corrected chi connectivity index (χ1v) is 8.17. The largest absolute Gasteiger partial charge is 0.495 e. The molecule has 1 aromatic carbocycles. The lowest BCUT2D eigenvalue weighted by molar-refractivity contribution is 0.411. The van der Waals surface area contributed by atoms with E-state index >= 15 is 0 Å². The summed E-state index contributed by atoms with van der Waals surface area (Å²) in [6.45, 7) is 0. The number of benzene rings is 1. The van der Waals surface area contributed by atoms with Gasteiger partial charge in [-0.05, 0) is 47.6 Å². The fourth-order valence-electron chi connectivity index (χ4n) is 2.94. The molecule has 7 heteroatoms. The first-order chi connectivity index (χ1) is 12.2. The SMILES string of the molecule is COc1cc([C@H]2C[C@H]2c2cnc(-c3ncccn3)nc2)cc(F)c1Cl. The Labute approximate surface area is 148 Å². The van der Waals surface area contributed by atoms with Gasteiger partial charge < -0.3 is 4.74 Å². The van der Waals surface area contributed by atoms with Crippen LogP contribution in [-0.4, -0.2) is 27.0 Å². The third-order valence-electron chi connectivity index (χ3n) is 4.32. The lowest BCUT2D eigenvalue weighted by Crippen LogP contribution is -1.96. The minimum absolute atomic E-state index is 0.0130. The van der Waals surface area contributed by atoms with Gasteiger partial charge in [0.2, 0.25) is 0 Å². The highest BCUT2D eigenvalue weighted by Gasteiger charge is 2.40. The lowest BCUT2D eigenvalue weighted by atomic mass is 10.1. The first-order valence-electron chi connectivity index (χ1n) is 7.79. The molecule has 2 atom stereocenters. The van der Waals surface area contributed by atoms with E-state index in [4.69, 9.17) is 16.3 Å². The molecule has 4 rings (SSSR count). The fraction of sp³-hybridized carbons (Fsp3) is 0.222. The quantitative estimate of drug-likeness (QED) is 0.707. The van der Waals surface area contributed by atoms with Gasteiger partial charge in [0.15, 0.2) is 11.6 Å². The van der Waals surface area contributed by atoms with E-state index in [9.17, 15) is 4.39 Å². The van der Waals surface area contributed by atoms with Gasteiger partial charge in [-0.15, -0.1) is 0 Å². The summed E-state index contributed by atoms with van der Waals surface area (Å²) in [4.78, 5) is 17.0. The number of ether oxygens (including phenoxy) is 1. The molecule has 3 aromatic rings. The van der Waals surface area contributed by atoms with Crippen LogP contribution < -0.4 is 4.74 Å². The van der Waals surface area contributed by atoms with Crippen LogP contribution in [-0.2, 0) is 0 Å². The van der Waals surface area contributed by atoms with Crippen molar-refractivity contribution in [2.75, 3.05) is 7.11 Å². The fourth-order valence-corrected chi connectivity index (χ4v) is 3.12. The standard InChI is InChI=1S/C18H14ClFN4O/c1-25-15-6-10(5-14(20)16(15)19)12-7-13(12)11-8-23-18(24-9-11)17-21-3-2-4-22-17/h2-6,8-9,12-13H,7H2,1H3/t12-,13+/m1/s1. The number of methoxy groups -OCH3 is 1. The summed E-state index contributed by atoms with van der Waals surface area (Å²) in [6.07, 6.45) is 7.78. The van der Waals surface area contributed by atoms with Crippen LogP contribution in [0.4, 0.5) is 4.39 Å². The maximum Gasteiger partial charge on any atom is 0.197 e. The summed E-state index contributed by atoms with van der Waals surface area (Å²) >= 11 is 5.89. The second-order valence-corrected chi connectivity index (χ2v) is 6.26. The Balaban J connectivity index is 1.55. The molecule has 0 spiro atoms. The third-order valence-corrected chi connectivity index (χ3v) is 4.69. The van der Waals surface area contributed by atoms with E-state index in [2.05, 4.69) is 19.9 Å². The van der Waals surface area contributed by atoms with Crippen LogP contribution in [0.3, 0.4) is 0 Å². The molecular weight excluding hydrogens is 343 g/mol. The molecule has 1 aliphatic carbocycles. The van der Waals surface area contributed by atoms with Crippen molar-refractivity contribution in [3.05, 3.63) is 65.0 Å². The number of halogens is 2. The molecule has 126 valence electrons. The van der Waals surface area contributed by atoms with Crippen molar-refractivity contribution in [2.45, 2.75) is 18.3 Å². The maximum atomic E-state index is 13.9. The molecule has 2 heterocycles. The average molecular weight is 357 g/mol. The zero-order valence-corrected chi connectivity index (χ0v) is 14.1. The molecule has 0 unspecified atom stereocenters. The van der Waals surface area contributed by atoms with E-state index in [0.29, 0.717) is 17.4 Å². The summed E-state index contributed by atoms with van der Waals surface area (Å²) in [7, 11) is 1.48. The third kappa shape index (κ3) is 3.05. The summed E-state index contributed by atoms with van der Waals surface area (Å²) < 4.78 is 19.1. The van der Waals surface area contributed by atoms with Crippen molar-refractivity contribution in [3.8, 4) is 17.4 Å². The Hall–Kier alpha value is -2.60. The Kier molecular flexibility index (Phi) is 4.05. The molecular formula is C18H14ClFN4O. The van der Waals surface area contributed by atoms with Crippen LogP contribution in [0.25, 0.3) is 11.6 Å². The van der Waals surface area contributed by atoms with Crippen LogP contribution in [0.2, 0.25) is 5.02 Å². The van der Waals surface area contributed by atoms with Gasteiger partial charge in [0.25, 0.3) is 0 Å². The van der Waals surface area contributed by atoms with E-state index in [0.717, 1.165) is 17.5 Å². The van der Waals surface area contributed by atoms with Gasteiger partial charge in [-0.2, -0.15) is 0 Å². The molecule has 1 aliphatic rings. The van der Waals surface area contributed by atoms with E-state index < -0.39 is 5.82 Å². The highest BCUT2D eigenvalue weighted by atomic mass is 35.5. The Bertz CT molecular complexity index is 905. The van der Waals surface area contributed by atoms with Crippen LogP contribution in [0, 0.1) is 5.82 Å². The predicted molar refractivity (Wildman–Crippen MR) is 91.1 cm³/mol. The maximum absolute atomic E-state index is 13.9. The molecule has 0 bridgehead atoms. The minimum Gasteiger partial charge on any atom is -0.495 e. The average Bonchev–Trinajstić information content (AvgIpc) is 3.45. The zero-order chi connectivity index (χ0) is 17.4. The van der Waals surface area contributed by atoms with E-state index in [1.54, 1.807) is 36.9 Å². The monoisotopic (exact) mass is 356 g/mol. The smallest absolute Gasteiger partial charge is 0.197 e. The summed E-state index contributed by atoms with van der Waals surface area (Å²) in [5.74, 6) is 1.34. The van der Waals surface area contributed by atoms with Crippen molar-refractivity contribution < 1.29 is 9.13 Å². The van der Waals surface area contributed by atoms with Crippen molar-refractivity contribution in [2.24, 2.45) is 0 Å². The summed E-state index contributed by atoms with van der Waals surface area (Å²) in [5, 5.41) is 0.0130. The van der Waals surface area contributed by atoms with Crippen molar-refractivity contribution in [1.82, 2.24) is 19.9 Å². The lowest BCUT2D eigenvalue weighted by Gasteiger charge is -2.08. The van der Waals surface area contributed by atoms with Gasteiger partial charge >= 0.3 is 0 Å².